The van der Waals surface area contributed by atoms with Gasteiger partial charge in [0.25, 0.3) is 0 Å². The second kappa shape index (κ2) is 12.5. The lowest BCUT2D eigenvalue weighted by atomic mass is 9.87. The number of hydrogen-bond donors (Lipinski definition) is 1. The molecule has 2 saturated heterocycles. The summed E-state index contributed by atoms with van der Waals surface area (Å²) in [6.07, 6.45) is -0.324. The summed E-state index contributed by atoms with van der Waals surface area (Å²) in [5, 5.41) is 3.31. The Morgan fingerprint density at radius 2 is 1.90 bits per heavy atom. The standard InChI is InChI=1S/C29H38F3N5O2/c1-18-22(7-6-8-25(18)29(30,31)32)19(2)35-26(33-3)24-17-23(28(38-5)36-27(24)34-4)20-9-13-37(14-10-20)21-11-15-39-16-12-21/h6-8,17,19-21H,4,9-16H2,1-3,5H3,(H,33,35)/t19-/m1/s1. The number of aliphatic imine (C=N–C) groups is 2. The summed E-state index contributed by atoms with van der Waals surface area (Å²) in [5.41, 5.74) is 1.72. The number of rotatable bonds is 7. The van der Waals surface area contributed by atoms with Crippen LogP contribution in [0.3, 0.4) is 0 Å². The maximum absolute atomic E-state index is 13.5. The number of pyridine rings is 1. The van der Waals surface area contributed by atoms with Crippen molar-refractivity contribution in [3.63, 3.8) is 0 Å². The first-order chi connectivity index (χ1) is 18.7. The van der Waals surface area contributed by atoms with E-state index in [1.165, 1.54) is 13.0 Å². The van der Waals surface area contributed by atoms with Crippen LogP contribution < -0.4 is 10.1 Å². The normalized spacial score (nSPS) is 19.1. The van der Waals surface area contributed by atoms with E-state index in [-0.39, 0.29) is 11.5 Å². The molecule has 212 valence electrons. The number of nitrogens with one attached hydrogen (secondary N) is 1. The van der Waals surface area contributed by atoms with Crippen LogP contribution in [0.15, 0.2) is 34.3 Å². The zero-order chi connectivity index (χ0) is 28.2. The van der Waals surface area contributed by atoms with Gasteiger partial charge in [-0.25, -0.2) is 4.99 Å². The van der Waals surface area contributed by atoms with Crippen LogP contribution in [0.4, 0.5) is 19.0 Å². The number of likely N-dealkylation sites (tertiary alicyclic amines) is 1. The molecule has 0 unspecified atom stereocenters. The largest absolute Gasteiger partial charge is 0.481 e. The Morgan fingerprint density at radius 1 is 1.21 bits per heavy atom. The Hall–Kier alpha value is -2.98. The minimum absolute atomic E-state index is 0.187. The second-order valence-corrected chi connectivity index (χ2v) is 10.2. The third-order valence-electron chi connectivity index (χ3n) is 7.99. The third kappa shape index (κ3) is 6.44. The molecule has 0 aliphatic carbocycles. The van der Waals surface area contributed by atoms with Crippen molar-refractivity contribution in [1.82, 2.24) is 15.2 Å². The van der Waals surface area contributed by atoms with Gasteiger partial charge in [0.1, 0.15) is 5.84 Å². The van der Waals surface area contributed by atoms with Crippen LogP contribution in [-0.2, 0) is 10.9 Å². The topological polar surface area (TPSA) is 71.3 Å². The van der Waals surface area contributed by atoms with Crippen molar-refractivity contribution in [2.24, 2.45) is 9.98 Å². The summed E-state index contributed by atoms with van der Waals surface area (Å²) in [5.74, 6) is 1.61. The first-order valence-corrected chi connectivity index (χ1v) is 13.5. The molecule has 1 aromatic carbocycles. The Bertz CT molecular complexity index is 1190. The highest BCUT2D eigenvalue weighted by molar-refractivity contribution is 6.03. The van der Waals surface area contributed by atoms with E-state index in [4.69, 9.17) is 9.47 Å². The first-order valence-electron chi connectivity index (χ1n) is 13.5. The number of ether oxygens (including phenoxy) is 2. The van der Waals surface area contributed by atoms with Gasteiger partial charge in [-0.2, -0.15) is 18.2 Å². The van der Waals surface area contributed by atoms with Crippen molar-refractivity contribution >= 4 is 18.4 Å². The van der Waals surface area contributed by atoms with Crippen LogP contribution in [0, 0.1) is 6.92 Å². The molecule has 1 aromatic heterocycles. The fourth-order valence-electron chi connectivity index (χ4n) is 5.85. The summed E-state index contributed by atoms with van der Waals surface area (Å²) < 4.78 is 51.7. The molecule has 0 spiro atoms. The molecule has 0 amide bonds. The zero-order valence-electron chi connectivity index (χ0n) is 23.1. The van der Waals surface area contributed by atoms with E-state index in [1.54, 1.807) is 20.2 Å². The van der Waals surface area contributed by atoms with Gasteiger partial charge in [-0.3, -0.25) is 4.99 Å². The molecule has 2 aliphatic heterocycles. The predicted molar refractivity (Wildman–Crippen MR) is 148 cm³/mol. The third-order valence-corrected chi connectivity index (χ3v) is 7.99. The van der Waals surface area contributed by atoms with Gasteiger partial charge in [0.2, 0.25) is 5.88 Å². The first kappa shape index (κ1) is 29.0. The monoisotopic (exact) mass is 545 g/mol. The van der Waals surface area contributed by atoms with E-state index in [2.05, 4.69) is 31.9 Å². The van der Waals surface area contributed by atoms with E-state index >= 15 is 0 Å². The van der Waals surface area contributed by atoms with E-state index in [0.717, 1.165) is 63.6 Å². The summed E-state index contributed by atoms with van der Waals surface area (Å²) >= 11 is 0. The number of amidine groups is 1. The summed E-state index contributed by atoms with van der Waals surface area (Å²) in [4.78, 5) is 15.8. The van der Waals surface area contributed by atoms with E-state index in [0.29, 0.717) is 34.7 Å². The number of aromatic nitrogens is 1. The van der Waals surface area contributed by atoms with Gasteiger partial charge < -0.3 is 19.7 Å². The van der Waals surface area contributed by atoms with Crippen molar-refractivity contribution in [2.45, 2.75) is 63.7 Å². The number of nitrogens with zero attached hydrogens (tertiary/aromatic N) is 4. The van der Waals surface area contributed by atoms with Gasteiger partial charge in [-0.1, -0.05) is 12.1 Å². The molecule has 1 atom stereocenters. The van der Waals surface area contributed by atoms with Crippen LogP contribution in [0.25, 0.3) is 0 Å². The number of piperidine rings is 1. The molecule has 39 heavy (non-hydrogen) atoms. The fraction of sp³-hybridized carbons (Fsp3) is 0.552. The predicted octanol–water partition coefficient (Wildman–Crippen LogP) is 5.84. The van der Waals surface area contributed by atoms with Crippen molar-refractivity contribution < 1.29 is 22.6 Å². The van der Waals surface area contributed by atoms with E-state index in [1.807, 2.05) is 13.0 Å². The molecule has 2 fully saturated rings. The smallest absolute Gasteiger partial charge is 0.416 e. The number of methoxy groups -OCH3 is 1. The quantitative estimate of drug-likeness (QED) is 0.350. The lowest BCUT2D eigenvalue weighted by molar-refractivity contribution is -0.138. The maximum Gasteiger partial charge on any atom is 0.416 e. The van der Waals surface area contributed by atoms with Crippen molar-refractivity contribution in [3.8, 4) is 5.88 Å². The Labute approximate surface area is 228 Å². The van der Waals surface area contributed by atoms with Gasteiger partial charge >= 0.3 is 6.18 Å². The highest BCUT2D eigenvalue weighted by atomic mass is 19.4. The van der Waals surface area contributed by atoms with Crippen molar-refractivity contribution in [3.05, 3.63) is 52.1 Å². The highest BCUT2D eigenvalue weighted by Gasteiger charge is 2.34. The molecule has 0 saturated carbocycles. The number of hydrogen-bond acceptors (Lipinski definition) is 6. The molecule has 2 aromatic rings. The van der Waals surface area contributed by atoms with Crippen molar-refractivity contribution in [1.29, 1.82) is 0 Å². The number of benzene rings is 1. The molecule has 3 heterocycles. The van der Waals surface area contributed by atoms with Crippen LogP contribution in [-0.4, -0.2) is 68.9 Å². The lowest BCUT2D eigenvalue weighted by Gasteiger charge is -2.39. The molecule has 0 bridgehead atoms. The zero-order valence-corrected chi connectivity index (χ0v) is 23.1. The van der Waals surface area contributed by atoms with Gasteiger partial charge in [-0.05, 0) is 88.5 Å². The van der Waals surface area contributed by atoms with E-state index < -0.39 is 17.8 Å². The van der Waals surface area contributed by atoms with Crippen LogP contribution >= 0.6 is 0 Å². The average molecular weight is 546 g/mol. The van der Waals surface area contributed by atoms with Crippen LogP contribution in [0.5, 0.6) is 5.88 Å². The Kier molecular flexibility index (Phi) is 9.27. The molecule has 4 rings (SSSR count). The van der Waals surface area contributed by atoms with Gasteiger partial charge in [-0.15, -0.1) is 0 Å². The summed E-state index contributed by atoms with van der Waals surface area (Å²) in [6.45, 7) is 10.6. The summed E-state index contributed by atoms with van der Waals surface area (Å²) in [6, 6.07) is 6.37. The maximum atomic E-state index is 13.5. The molecule has 1 N–H and O–H groups in total. The van der Waals surface area contributed by atoms with Crippen LogP contribution in [0.2, 0.25) is 0 Å². The van der Waals surface area contributed by atoms with E-state index in [9.17, 15) is 13.2 Å². The molecule has 0 radical (unpaired) electrons. The summed E-state index contributed by atoms with van der Waals surface area (Å²) in [7, 11) is 3.23. The minimum Gasteiger partial charge on any atom is -0.481 e. The molecule has 10 heteroatoms. The molecule has 7 nitrogen and oxygen atoms in total. The van der Waals surface area contributed by atoms with Gasteiger partial charge in [0.05, 0.1) is 24.3 Å². The minimum atomic E-state index is -4.42. The fourth-order valence-corrected chi connectivity index (χ4v) is 5.85. The average Bonchev–Trinajstić information content (AvgIpc) is 2.95. The molecule has 2 aliphatic rings. The second-order valence-electron chi connectivity index (χ2n) is 10.2. The van der Waals surface area contributed by atoms with Crippen molar-refractivity contribution in [2.75, 3.05) is 40.5 Å². The molecular formula is C29H38F3N5O2. The molecular weight excluding hydrogens is 507 g/mol. The van der Waals surface area contributed by atoms with Crippen LogP contribution in [0.1, 0.15) is 72.4 Å². The Balaban J connectivity index is 1.59. The number of halogens is 3. The lowest BCUT2D eigenvalue weighted by Crippen LogP contribution is -2.43. The van der Waals surface area contributed by atoms with Gasteiger partial charge in [0, 0.05) is 31.9 Å². The highest BCUT2D eigenvalue weighted by Crippen LogP contribution is 2.38. The Morgan fingerprint density at radius 3 is 2.49 bits per heavy atom. The SMILES string of the molecule is C=Nc1nc(OC)c(C2CCN(C3CCOCC3)CC2)cc1/C(=N\C)N[C@H](C)c1cccc(C(F)(F)F)c1C. The van der Waals surface area contributed by atoms with Gasteiger partial charge in [0.15, 0.2) is 5.82 Å². The number of alkyl halides is 3.